The van der Waals surface area contributed by atoms with Crippen LogP contribution in [0.15, 0.2) is 64.8 Å². The van der Waals surface area contributed by atoms with Crippen molar-refractivity contribution in [1.82, 2.24) is 0 Å². The fourth-order valence-electron chi connectivity index (χ4n) is 5.57. The van der Waals surface area contributed by atoms with Crippen molar-refractivity contribution in [2.45, 2.75) is 66.1 Å². The van der Waals surface area contributed by atoms with Gasteiger partial charge in [0.05, 0.1) is 7.11 Å². The van der Waals surface area contributed by atoms with Gasteiger partial charge in [-0.3, -0.25) is 0 Å². The Bertz CT molecular complexity index is 938. The van der Waals surface area contributed by atoms with Crippen molar-refractivity contribution in [1.29, 1.82) is 0 Å². The molecule has 2 heteroatoms. The first-order valence-corrected chi connectivity index (χ1v) is 13.4. The summed E-state index contributed by atoms with van der Waals surface area (Å²) in [5.74, 6) is 1.10. The number of benzene rings is 2. The van der Waals surface area contributed by atoms with Crippen LogP contribution in [-0.4, -0.2) is 15.2 Å². The first kappa shape index (κ1) is 21.6. The molecule has 0 N–H and O–H groups in total. The maximum absolute atomic E-state index is 6.18. The van der Waals surface area contributed by atoms with E-state index in [1.54, 1.807) is 11.1 Å². The van der Waals surface area contributed by atoms with Gasteiger partial charge in [-0.05, 0) is 62.6 Å². The lowest BCUT2D eigenvalue weighted by molar-refractivity contribution is 0.419. The maximum Gasteiger partial charge on any atom is 0.125 e. The fraction of sp³-hybridized carbons (Fsp3) is 0.407. The van der Waals surface area contributed by atoms with E-state index in [2.05, 4.69) is 90.9 Å². The van der Waals surface area contributed by atoms with Crippen LogP contribution in [0.1, 0.15) is 47.1 Å². The molecule has 3 rings (SSSR count). The highest BCUT2D eigenvalue weighted by Gasteiger charge is 2.46. The molecule has 0 aromatic heterocycles. The molecular weight excluding hydrogens is 368 g/mol. The lowest BCUT2D eigenvalue weighted by Gasteiger charge is -2.40. The Kier molecular flexibility index (Phi) is 6.23. The van der Waals surface area contributed by atoms with Crippen molar-refractivity contribution in [3.63, 3.8) is 0 Å². The molecule has 0 saturated carbocycles. The summed E-state index contributed by atoms with van der Waals surface area (Å²) in [6.45, 7) is 16.4. The van der Waals surface area contributed by atoms with Crippen LogP contribution in [0.3, 0.4) is 0 Å². The summed E-state index contributed by atoms with van der Waals surface area (Å²) < 4.78 is 6.18. The Morgan fingerprint density at radius 3 is 1.86 bits per heavy atom. The number of aryl methyl sites for hydroxylation is 1. The highest BCUT2D eigenvalue weighted by molar-refractivity contribution is 6.94. The second-order valence-electron chi connectivity index (χ2n) is 8.67. The molecule has 0 amide bonds. The highest BCUT2D eigenvalue weighted by Crippen LogP contribution is 2.50. The van der Waals surface area contributed by atoms with Crippen molar-refractivity contribution in [3.05, 3.63) is 70.3 Å². The molecule has 1 aliphatic carbocycles. The molecule has 1 nitrogen and oxygen atoms in total. The first-order chi connectivity index (χ1) is 13.8. The maximum atomic E-state index is 6.18. The molecule has 2 aromatic carbocycles. The molecule has 0 radical (unpaired) electrons. The van der Waals surface area contributed by atoms with E-state index in [-0.39, 0.29) is 0 Å². The van der Waals surface area contributed by atoms with Crippen LogP contribution < -0.4 is 9.92 Å². The van der Waals surface area contributed by atoms with Gasteiger partial charge in [-0.1, -0.05) is 79.0 Å². The molecule has 29 heavy (non-hydrogen) atoms. The van der Waals surface area contributed by atoms with E-state index >= 15 is 0 Å². The van der Waals surface area contributed by atoms with Crippen LogP contribution in [0.2, 0.25) is 17.6 Å². The smallest absolute Gasteiger partial charge is 0.125 e. The topological polar surface area (TPSA) is 9.23 Å². The average Bonchev–Trinajstić information content (AvgIpc) is 2.93. The lowest BCUT2D eigenvalue weighted by Crippen LogP contribution is -2.52. The third kappa shape index (κ3) is 3.42. The number of ether oxygens (including phenoxy) is 1. The monoisotopic (exact) mass is 404 g/mol. The predicted molar refractivity (Wildman–Crippen MR) is 130 cm³/mol. The van der Waals surface area contributed by atoms with E-state index in [0.29, 0.717) is 5.54 Å². The fourth-order valence-corrected chi connectivity index (χ4v) is 11.3. The molecule has 0 saturated heterocycles. The second kappa shape index (κ2) is 8.35. The molecule has 1 aliphatic rings. The zero-order chi connectivity index (χ0) is 21.3. The molecule has 0 spiro atoms. The van der Waals surface area contributed by atoms with Gasteiger partial charge in [-0.2, -0.15) is 0 Å². The van der Waals surface area contributed by atoms with Crippen LogP contribution >= 0.6 is 0 Å². The second-order valence-corrected chi connectivity index (χ2v) is 13.5. The lowest BCUT2D eigenvalue weighted by atomic mass is 10.0. The largest absolute Gasteiger partial charge is 0.496 e. The zero-order valence-corrected chi connectivity index (χ0v) is 20.4. The highest BCUT2D eigenvalue weighted by atomic mass is 28.3. The van der Waals surface area contributed by atoms with Gasteiger partial charge in [0.1, 0.15) is 13.8 Å². The number of allylic oxidation sites excluding steroid dienone is 4. The molecule has 0 unspecified atom stereocenters. The first-order valence-electron chi connectivity index (χ1n) is 10.9. The normalized spacial score (nSPS) is 15.4. The Labute approximate surface area is 178 Å². The van der Waals surface area contributed by atoms with Crippen molar-refractivity contribution in [3.8, 4) is 16.9 Å². The Hall–Kier alpha value is -2.06. The van der Waals surface area contributed by atoms with E-state index in [1.807, 2.05) is 7.11 Å². The summed E-state index contributed by atoms with van der Waals surface area (Å²) >= 11 is 0. The Morgan fingerprint density at radius 1 is 0.828 bits per heavy atom. The average molecular weight is 405 g/mol. The molecule has 0 aliphatic heterocycles. The van der Waals surface area contributed by atoms with Crippen LogP contribution in [0, 0.1) is 6.92 Å². The van der Waals surface area contributed by atoms with Crippen LogP contribution in [0.25, 0.3) is 11.1 Å². The zero-order valence-electron chi connectivity index (χ0n) is 19.4. The minimum atomic E-state index is -1.90. The number of hydrogen-bond donors (Lipinski definition) is 0. The summed E-state index contributed by atoms with van der Waals surface area (Å²) in [6.07, 6.45) is 0. The van der Waals surface area contributed by atoms with E-state index in [1.165, 1.54) is 45.1 Å². The van der Waals surface area contributed by atoms with Crippen molar-refractivity contribution >= 4 is 13.3 Å². The third-order valence-corrected chi connectivity index (χ3v) is 13.4. The molecule has 0 fully saturated rings. The standard InChI is InChI=1S/C27H36OSi/c1-9-29(10-2,27-21(6)19(4)20(5)22(27)7)25-17-18(3)16-24(26(25)28-8)23-14-12-11-13-15-23/h11-17,27H,9-10H2,1-8H3. The molecule has 0 heterocycles. The van der Waals surface area contributed by atoms with Gasteiger partial charge in [-0.15, -0.1) is 0 Å². The molecule has 0 atom stereocenters. The molecule has 2 aromatic rings. The molecule has 154 valence electrons. The van der Waals surface area contributed by atoms with Crippen LogP contribution in [-0.2, 0) is 0 Å². The van der Waals surface area contributed by atoms with Gasteiger partial charge in [0, 0.05) is 11.1 Å². The summed E-state index contributed by atoms with van der Waals surface area (Å²) in [5.41, 5.74) is 10.5. The van der Waals surface area contributed by atoms with E-state index in [4.69, 9.17) is 4.74 Å². The van der Waals surface area contributed by atoms with E-state index in [0.717, 1.165) is 5.75 Å². The minimum Gasteiger partial charge on any atom is -0.496 e. The minimum absolute atomic E-state index is 0.567. The summed E-state index contributed by atoms with van der Waals surface area (Å²) in [5, 5.41) is 1.50. The van der Waals surface area contributed by atoms with Gasteiger partial charge in [0.2, 0.25) is 0 Å². The summed E-state index contributed by atoms with van der Waals surface area (Å²) in [7, 11) is -0.0493. The third-order valence-electron chi connectivity index (χ3n) is 7.48. The number of rotatable bonds is 6. The molecular formula is C27H36OSi. The SMILES string of the molecule is CC[Si](CC)(c1cc(C)cc(-c2ccccc2)c1OC)C1C(C)=C(C)C(C)=C1C. The van der Waals surface area contributed by atoms with Crippen molar-refractivity contribution in [2.24, 2.45) is 0 Å². The Morgan fingerprint density at radius 2 is 1.38 bits per heavy atom. The van der Waals surface area contributed by atoms with Gasteiger partial charge in [-0.25, -0.2) is 0 Å². The number of hydrogen-bond acceptors (Lipinski definition) is 1. The van der Waals surface area contributed by atoms with Gasteiger partial charge in [0.15, 0.2) is 0 Å². The van der Waals surface area contributed by atoms with Crippen LogP contribution in [0.5, 0.6) is 5.75 Å². The van der Waals surface area contributed by atoms with E-state index < -0.39 is 8.07 Å². The summed E-state index contributed by atoms with van der Waals surface area (Å²) in [6, 6.07) is 17.9. The van der Waals surface area contributed by atoms with Gasteiger partial charge < -0.3 is 4.74 Å². The summed E-state index contributed by atoms with van der Waals surface area (Å²) in [4.78, 5) is 0. The van der Waals surface area contributed by atoms with Gasteiger partial charge in [0.25, 0.3) is 0 Å². The van der Waals surface area contributed by atoms with E-state index in [9.17, 15) is 0 Å². The van der Waals surface area contributed by atoms with Crippen molar-refractivity contribution < 1.29 is 4.74 Å². The predicted octanol–water partition coefficient (Wildman–Crippen LogP) is 7.42. The molecule has 0 bridgehead atoms. The van der Waals surface area contributed by atoms with Crippen molar-refractivity contribution in [2.75, 3.05) is 7.11 Å². The Balaban J connectivity index is 2.33. The van der Waals surface area contributed by atoms with Gasteiger partial charge >= 0.3 is 0 Å². The van der Waals surface area contributed by atoms with Crippen LogP contribution in [0.4, 0.5) is 0 Å². The quantitative estimate of drug-likeness (QED) is 0.455. The number of methoxy groups -OCH3 is 1.